The molecule has 0 fully saturated rings. The number of hydrogen-bond donors (Lipinski definition) is 1. The lowest BCUT2D eigenvalue weighted by Crippen LogP contribution is -2.36. The normalized spacial score (nSPS) is 13.9. The first-order chi connectivity index (χ1) is 8.99. The largest absolute Gasteiger partial charge is 0.465 e. The Morgan fingerprint density at radius 2 is 2.16 bits per heavy atom. The Morgan fingerprint density at radius 1 is 1.47 bits per heavy atom. The average Bonchev–Trinajstić information content (AvgIpc) is 2.39. The molecule has 0 aliphatic carbocycles. The average molecular weight is 349 g/mol. The molecule has 1 rings (SSSR count). The van der Waals surface area contributed by atoms with Crippen molar-refractivity contribution in [3.63, 3.8) is 0 Å². The van der Waals surface area contributed by atoms with E-state index < -0.39 is 6.04 Å². The van der Waals surface area contributed by atoms with Crippen LogP contribution in [0, 0.1) is 0 Å². The summed E-state index contributed by atoms with van der Waals surface area (Å²) in [6.45, 7) is 6.27. The van der Waals surface area contributed by atoms with Gasteiger partial charge in [0.05, 0.1) is 11.6 Å². The summed E-state index contributed by atoms with van der Waals surface area (Å²) in [4.78, 5) is 12.1. The zero-order valence-electron chi connectivity index (χ0n) is 11.4. The minimum atomic E-state index is -0.469. The molecule has 5 heteroatoms. The fourth-order valence-electron chi connectivity index (χ4n) is 1.62. The molecule has 0 amide bonds. The Balaban J connectivity index is 3.00. The SMILES string of the molecule is CCOC(=O)C(NC(C)CC)c1ccc(Cl)c(Br)c1. The Labute approximate surface area is 127 Å². The summed E-state index contributed by atoms with van der Waals surface area (Å²) in [6, 6.07) is 5.21. The highest BCUT2D eigenvalue weighted by atomic mass is 79.9. The van der Waals surface area contributed by atoms with Crippen LogP contribution in [0.15, 0.2) is 22.7 Å². The van der Waals surface area contributed by atoms with Crippen molar-refractivity contribution in [2.75, 3.05) is 6.61 Å². The van der Waals surface area contributed by atoms with E-state index in [-0.39, 0.29) is 12.0 Å². The van der Waals surface area contributed by atoms with E-state index in [9.17, 15) is 4.79 Å². The molecule has 0 saturated carbocycles. The lowest BCUT2D eigenvalue weighted by Gasteiger charge is -2.21. The quantitative estimate of drug-likeness (QED) is 0.787. The standard InChI is InChI=1S/C14H19BrClNO2/c1-4-9(3)17-13(14(18)19-5-2)10-6-7-12(16)11(15)8-10/h6-9,13,17H,4-5H2,1-3H3. The second-order valence-electron chi connectivity index (χ2n) is 4.33. The van der Waals surface area contributed by atoms with Gasteiger partial charge in [0.2, 0.25) is 0 Å². The lowest BCUT2D eigenvalue weighted by atomic mass is 10.1. The van der Waals surface area contributed by atoms with Gasteiger partial charge < -0.3 is 4.74 Å². The molecule has 1 aromatic rings. The van der Waals surface area contributed by atoms with Gasteiger partial charge in [0.25, 0.3) is 0 Å². The zero-order chi connectivity index (χ0) is 14.4. The van der Waals surface area contributed by atoms with E-state index in [0.717, 1.165) is 16.5 Å². The Hall–Kier alpha value is -0.580. The van der Waals surface area contributed by atoms with Crippen LogP contribution >= 0.6 is 27.5 Å². The lowest BCUT2D eigenvalue weighted by molar-refractivity contribution is -0.146. The summed E-state index contributed by atoms with van der Waals surface area (Å²) < 4.78 is 5.89. The number of nitrogens with one attached hydrogen (secondary N) is 1. The molecule has 0 radical (unpaired) electrons. The molecule has 0 aromatic heterocycles. The summed E-state index contributed by atoms with van der Waals surface area (Å²) in [5.41, 5.74) is 0.843. The first kappa shape index (κ1) is 16.5. The monoisotopic (exact) mass is 347 g/mol. The number of carbonyl (C=O) groups is 1. The van der Waals surface area contributed by atoms with Crippen LogP contribution in [-0.4, -0.2) is 18.6 Å². The predicted molar refractivity (Wildman–Crippen MR) is 81.4 cm³/mol. The van der Waals surface area contributed by atoms with E-state index in [1.807, 2.05) is 19.1 Å². The highest BCUT2D eigenvalue weighted by molar-refractivity contribution is 9.10. The minimum Gasteiger partial charge on any atom is -0.465 e. The van der Waals surface area contributed by atoms with Gasteiger partial charge in [0, 0.05) is 10.5 Å². The van der Waals surface area contributed by atoms with E-state index in [0.29, 0.717) is 11.6 Å². The minimum absolute atomic E-state index is 0.226. The van der Waals surface area contributed by atoms with Crippen molar-refractivity contribution in [2.45, 2.75) is 39.3 Å². The topological polar surface area (TPSA) is 38.3 Å². The van der Waals surface area contributed by atoms with Crippen LogP contribution in [0.25, 0.3) is 0 Å². The molecule has 3 nitrogen and oxygen atoms in total. The number of carbonyl (C=O) groups excluding carboxylic acids is 1. The van der Waals surface area contributed by atoms with Crippen molar-refractivity contribution in [3.8, 4) is 0 Å². The molecule has 0 saturated heterocycles. The second-order valence-corrected chi connectivity index (χ2v) is 5.60. The molecule has 19 heavy (non-hydrogen) atoms. The third-order valence-electron chi connectivity index (χ3n) is 2.86. The van der Waals surface area contributed by atoms with Gasteiger partial charge in [-0.05, 0) is 53.9 Å². The van der Waals surface area contributed by atoms with Gasteiger partial charge in [-0.3, -0.25) is 5.32 Å². The van der Waals surface area contributed by atoms with Crippen LogP contribution in [-0.2, 0) is 9.53 Å². The third kappa shape index (κ3) is 4.79. The first-order valence-electron chi connectivity index (χ1n) is 6.37. The molecule has 0 bridgehead atoms. The predicted octanol–water partition coefficient (Wildman–Crippen LogP) is 4.09. The number of rotatable bonds is 6. The molecule has 2 atom stereocenters. The second kappa shape index (κ2) is 7.88. The first-order valence-corrected chi connectivity index (χ1v) is 7.54. The van der Waals surface area contributed by atoms with Gasteiger partial charge in [0.15, 0.2) is 0 Å². The maximum atomic E-state index is 12.1. The van der Waals surface area contributed by atoms with Gasteiger partial charge in [-0.2, -0.15) is 0 Å². The maximum absolute atomic E-state index is 12.1. The van der Waals surface area contributed by atoms with Crippen LogP contribution in [0.1, 0.15) is 38.8 Å². The molecule has 106 valence electrons. The van der Waals surface area contributed by atoms with Crippen LogP contribution < -0.4 is 5.32 Å². The van der Waals surface area contributed by atoms with E-state index in [1.165, 1.54) is 0 Å². The fraction of sp³-hybridized carbons (Fsp3) is 0.500. The van der Waals surface area contributed by atoms with Gasteiger partial charge in [-0.1, -0.05) is 24.6 Å². The Kier molecular flexibility index (Phi) is 6.83. The molecule has 1 N–H and O–H groups in total. The van der Waals surface area contributed by atoms with Crippen molar-refractivity contribution in [1.82, 2.24) is 5.32 Å². The summed E-state index contributed by atoms with van der Waals surface area (Å²) in [7, 11) is 0. The zero-order valence-corrected chi connectivity index (χ0v) is 13.7. The van der Waals surface area contributed by atoms with Crippen molar-refractivity contribution < 1.29 is 9.53 Å². The highest BCUT2D eigenvalue weighted by Gasteiger charge is 2.23. The number of esters is 1. The molecule has 1 aromatic carbocycles. The van der Waals surface area contributed by atoms with Crippen LogP contribution in [0.5, 0.6) is 0 Å². The van der Waals surface area contributed by atoms with E-state index in [4.69, 9.17) is 16.3 Å². The highest BCUT2D eigenvalue weighted by Crippen LogP contribution is 2.27. The summed E-state index contributed by atoms with van der Waals surface area (Å²) >= 11 is 9.35. The fourth-order valence-corrected chi connectivity index (χ4v) is 2.13. The van der Waals surface area contributed by atoms with Crippen molar-refractivity contribution >= 4 is 33.5 Å². The smallest absolute Gasteiger partial charge is 0.327 e. The number of hydrogen-bond acceptors (Lipinski definition) is 3. The number of ether oxygens (including phenoxy) is 1. The molecular weight excluding hydrogens is 330 g/mol. The van der Waals surface area contributed by atoms with E-state index in [1.54, 1.807) is 13.0 Å². The van der Waals surface area contributed by atoms with E-state index >= 15 is 0 Å². The van der Waals surface area contributed by atoms with Gasteiger partial charge >= 0.3 is 5.97 Å². The molecule has 2 unspecified atom stereocenters. The third-order valence-corrected chi connectivity index (χ3v) is 4.08. The molecule has 0 aliphatic rings. The van der Waals surface area contributed by atoms with Crippen LogP contribution in [0.3, 0.4) is 0 Å². The van der Waals surface area contributed by atoms with Crippen molar-refractivity contribution in [2.24, 2.45) is 0 Å². The van der Waals surface area contributed by atoms with E-state index in [2.05, 4.69) is 28.2 Å². The molecule has 0 aliphatic heterocycles. The van der Waals surface area contributed by atoms with Crippen molar-refractivity contribution in [1.29, 1.82) is 0 Å². The summed E-state index contributed by atoms with van der Waals surface area (Å²) in [6.07, 6.45) is 0.935. The summed E-state index contributed by atoms with van der Waals surface area (Å²) in [5.74, 6) is -0.267. The van der Waals surface area contributed by atoms with Gasteiger partial charge in [-0.25, -0.2) is 4.79 Å². The molecule has 0 spiro atoms. The van der Waals surface area contributed by atoms with Crippen molar-refractivity contribution in [3.05, 3.63) is 33.3 Å². The Bertz CT molecular complexity index is 439. The molecular formula is C14H19BrClNO2. The Morgan fingerprint density at radius 3 is 2.68 bits per heavy atom. The summed E-state index contributed by atoms with van der Waals surface area (Å²) in [5, 5.41) is 3.90. The van der Waals surface area contributed by atoms with Gasteiger partial charge in [-0.15, -0.1) is 0 Å². The molecule has 0 heterocycles. The number of benzene rings is 1. The maximum Gasteiger partial charge on any atom is 0.327 e. The van der Waals surface area contributed by atoms with Crippen LogP contribution in [0.4, 0.5) is 0 Å². The van der Waals surface area contributed by atoms with Gasteiger partial charge in [0.1, 0.15) is 6.04 Å². The van der Waals surface area contributed by atoms with Crippen LogP contribution in [0.2, 0.25) is 5.02 Å². The number of halogens is 2.